The molecule has 0 saturated heterocycles. The molecule has 1 nitrogen and oxygen atoms in total. The molecule has 2 rings (SSSR count). The third-order valence-corrected chi connectivity index (χ3v) is 4.30. The van der Waals surface area contributed by atoms with Gasteiger partial charge < -0.3 is 5.73 Å². The van der Waals surface area contributed by atoms with E-state index in [1.54, 1.807) is 11.8 Å². The molecule has 18 heavy (non-hydrogen) atoms. The molecule has 0 fully saturated rings. The zero-order valence-corrected chi connectivity index (χ0v) is 12.9. The van der Waals surface area contributed by atoms with E-state index in [2.05, 4.69) is 54.0 Å². The second-order valence-corrected chi connectivity index (χ2v) is 6.40. The number of nitrogens with two attached hydrogens (primary N) is 1. The van der Waals surface area contributed by atoms with Gasteiger partial charge in [-0.25, -0.2) is 0 Å². The summed E-state index contributed by atoms with van der Waals surface area (Å²) in [7, 11) is 0. The molecule has 94 valence electrons. The quantitative estimate of drug-likeness (QED) is 0.640. The van der Waals surface area contributed by atoms with Crippen molar-refractivity contribution in [3.8, 4) is 0 Å². The van der Waals surface area contributed by atoms with E-state index < -0.39 is 0 Å². The first-order chi connectivity index (χ1) is 8.54. The van der Waals surface area contributed by atoms with E-state index in [-0.39, 0.29) is 0 Å². The predicted octanol–water partition coefficient (Wildman–Crippen LogP) is 4.94. The van der Waals surface area contributed by atoms with E-state index in [4.69, 9.17) is 5.73 Å². The lowest BCUT2D eigenvalue weighted by Crippen LogP contribution is -1.90. The largest absolute Gasteiger partial charge is 0.398 e. The summed E-state index contributed by atoms with van der Waals surface area (Å²) in [6, 6.07) is 12.7. The maximum atomic E-state index is 5.99. The van der Waals surface area contributed by atoms with Crippen LogP contribution in [0, 0.1) is 13.8 Å². The van der Waals surface area contributed by atoms with Crippen molar-refractivity contribution in [3.05, 3.63) is 57.6 Å². The molecule has 2 aromatic rings. The highest BCUT2D eigenvalue weighted by Gasteiger charge is 2.02. The molecule has 0 atom stereocenters. The smallest absolute Gasteiger partial charge is 0.0463 e. The van der Waals surface area contributed by atoms with Gasteiger partial charge in [0.15, 0.2) is 0 Å². The van der Waals surface area contributed by atoms with Crippen LogP contribution in [0.2, 0.25) is 0 Å². The fraction of sp³-hybridized carbons (Fsp3) is 0.200. The van der Waals surface area contributed by atoms with Crippen LogP contribution < -0.4 is 5.73 Å². The molecule has 0 heterocycles. The molecule has 0 bridgehead atoms. The Hall–Kier alpha value is -0.930. The van der Waals surface area contributed by atoms with Gasteiger partial charge >= 0.3 is 0 Å². The summed E-state index contributed by atoms with van der Waals surface area (Å²) in [5, 5.41) is 0. The van der Waals surface area contributed by atoms with E-state index in [9.17, 15) is 0 Å². The molecule has 0 aliphatic heterocycles. The zero-order chi connectivity index (χ0) is 13.1. The Kier molecular flexibility index (Phi) is 4.36. The second kappa shape index (κ2) is 5.81. The summed E-state index contributed by atoms with van der Waals surface area (Å²) in [5.41, 5.74) is 10.8. The van der Waals surface area contributed by atoms with Gasteiger partial charge in [0.2, 0.25) is 0 Å². The summed E-state index contributed by atoms with van der Waals surface area (Å²) in [4.78, 5) is 1.14. The Morgan fingerprint density at radius 3 is 2.33 bits per heavy atom. The Balaban J connectivity index is 2.11. The minimum Gasteiger partial charge on any atom is -0.398 e. The van der Waals surface area contributed by atoms with Crippen molar-refractivity contribution in [2.24, 2.45) is 0 Å². The average Bonchev–Trinajstić information content (AvgIpc) is 2.26. The molecule has 2 aromatic carbocycles. The summed E-state index contributed by atoms with van der Waals surface area (Å²) < 4.78 is 1.02. The zero-order valence-electron chi connectivity index (χ0n) is 10.5. The number of benzene rings is 2. The van der Waals surface area contributed by atoms with Crippen LogP contribution in [0.1, 0.15) is 16.7 Å². The highest BCUT2D eigenvalue weighted by Crippen LogP contribution is 2.30. The highest BCUT2D eigenvalue weighted by atomic mass is 79.9. The number of halogens is 1. The maximum absolute atomic E-state index is 5.99. The van der Waals surface area contributed by atoms with Crippen LogP contribution in [-0.4, -0.2) is 0 Å². The molecule has 0 amide bonds. The van der Waals surface area contributed by atoms with Crippen molar-refractivity contribution in [2.75, 3.05) is 5.73 Å². The third-order valence-electron chi connectivity index (χ3n) is 2.65. The van der Waals surface area contributed by atoms with Crippen molar-refractivity contribution in [1.82, 2.24) is 0 Å². The minimum absolute atomic E-state index is 0.832. The first kappa shape index (κ1) is 13.5. The first-order valence-corrected chi connectivity index (χ1v) is 7.57. The SMILES string of the molecule is Cc1cc(C)cc(CSc2ccc(Br)cc2N)c1. The van der Waals surface area contributed by atoms with Crippen LogP contribution in [0.5, 0.6) is 0 Å². The molecule has 0 unspecified atom stereocenters. The number of rotatable bonds is 3. The lowest BCUT2D eigenvalue weighted by molar-refractivity contribution is 1.29. The van der Waals surface area contributed by atoms with Crippen LogP contribution >= 0.6 is 27.7 Å². The van der Waals surface area contributed by atoms with E-state index in [1.165, 1.54) is 16.7 Å². The van der Waals surface area contributed by atoms with Crippen molar-refractivity contribution in [3.63, 3.8) is 0 Å². The van der Waals surface area contributed by atoms with Gasteiger partial charge in [-0.1, -0.05) is 45.3 Å². The lowest BCUT2D eigenvalue weighted by Gasteiger charge is -2.07. The summed E-state index contributed by atoms with van der Waals surface area (Å²) in [6.07, 6.45) is 0. The van der Waals surface area contributed by atoms with E-state index in [0.29, 0.717) is 0 Å². The van der Waals surface area contributed by atoms with Crippen molar-refractivity contribution in [1.29, 1.82) is 0 Å². The molecular formula is C15H16BrNS. The number of nitrogen functional groups attached to an aromatic ring is 1. The summed E-state index contributed by atoms with van der Waals surface area (Å²) in [5.74, 6) is 0.953. The van der Waals surface area contributed by atoms with Gasteiger partial charge in [0.25, 0.3) is 0 Å². The van der Waals surface area contributed by atoms with Crippen molar-refractivity contribution >= 4 is 33.4 Å². The number of anilines is 1. The summed E-state index contributed by atoms with van der Waals surface area (Å²) >= 11 is 5.20. The fourth-order valence-electron chi connectivity index (χ4n) is 1.96. The van der Waals surface area contributed by atoms with Gasteiger partial charge in [0.05, 0.1) is 0 Å². The third kappa shape index (κ3) is 3.53. The fourth-order valence-corrected chi connectivity index (χ4v) is 3.22. The highest BCUT2D eigenvalue weighted by molar-refractivity contribution is 9.10. The number of thioether (sulfide) groups is 1. The van der Waals surface area contributed by atoms with E-state index in [0.717, 1.165) is 20.8 Å². The van der Waals surface area contributed by atoms with Gasteiger partial charge in [0.1, 0.15) is 0 Å². The maximum Gasteiger partial charge on any atom is 0.0463 e. The van der Waals surface area contributed by atoms with Gasteiger partial charge in [-0.05, 0) is 37.6 Å². The molecule has 0 saturated carbocycles. The van der Waals surface area contributed by atoms with Crippen LogP contribution in [0.4, 0.5) is 5.69 Å². The topological polar surface area (TPSA) is 26.0 Å². The van der Waals surface area contributed by atoms with Crippen molar-refractivity contribution in [2.45, 2.75) is 24.5 Å². The molecule has 0 radical (unpaired) electrons. The molecule has 0 aromatic heterocycles. The predicted molar refractivity (Wildman–Crippen MR) is 84.0 cm³/mol. The van der Waals surface area contributed by atoms with Crippen LogP contribution in [0.3, 0.4) is 0 Å². The second-order valence-electron chi connectivity index (χ2n) is 4.47. The van der Waals surface area contributed by atoms with Crippen LogP contribution in [0.25, 0.3) is 0 Å². The lowest BCUT2D eigenvalue weighted by atomic mass is 10.1. The van der Waals surface area contributed by atoms with Gasteiger partial charge in [-0.15, -0.1) is 11.8 Å². The van der Waals surface area contributed by atoms with E-state index >= 15 is 0 Å². The number of hydrogen-bond acceptors (Lipinski definition) is 2. The van der Waals surface area contributed by atoms with Gasteiger partial charge in [-0.2, -0.15) is 0 Å². The summed E-state index contributed by atoms with van der Waals surface area (Å²) in [6.45, 7) is 4.27. The monoisotopic (exact) mass is 321 g/mol. The Labute approximate surface area is 121 Å². The van der Waals surface area contributed by atoms with E-state index in [1.807, 2.05) is 12.1 Å². The number of aryl methyl sites for hydroxylation is 2. The Morgan fingerprint density at radius 2 is 1.72 bits per heavy atom. The first-order valence-electron chi connectivity index (χ1n) is 5.79. The van der Waals surface area contributed by atoms with Gasteiger partial charge in [-0.3, -0.25) is 0 Å². The van der Waals surface area contributed by atoms with Crippen LogP contribution in [-0.2, 0) is 5.75 Å². The molecular weight excluding hydrogens is 306 g/mol. The molecule has 2 N–H and O–H groups in total. The molecule has 0 aliphatic rings. The van der Waals surface area contributed by atoms with Gasteiger partial charge in [0, 0.05) is 20.8 Å². The van der Waals surface area contributed by atoms with Crippen molar-refractivity contribution < 1.29 is 0 Å². The number of hydrogen-bond donors (Lipinski definition) is 1. The Morgan fingerprint density at radius 1 is 1.06 bits per heavy atom. The minimum atomic E-state index is 0.832. The average molecular weight is 322 g/mol. The Bertz CT molecular complexity index is 546. The molecule has 0 aliphatic carbocycles. The normalized spacial score (nSPS) is 10.6. The standard InChI is InChI=1S/C15H16BrNS/c1-10-5-11(2)7-12(6-10)9-18-15-4-3-13(16)8-14(15)17/h3-8H,9,17H2,1-2H3. The molecule has 0 spiro atoms. The molecule has 3 heteroatoms. The van der Waals surface area contributed by atoms with Crippen LogP contribution in [0.15, 0.2) is 45.8 Å².